The lowest BCUT2D eigenvalue weighted by Crippen LogP contribution is -2.42. The molecule has 2 fully saturated rings. The minimum Gasteiger partial charge on any atom is -0.310 e. The monoisotopic (exact) mass is 245 g/mol. The van der Waals surface area contributed by atoms with Crippen LogP contribution in [0.2, 0.25) is 0 Å². The van der Waals surface area contributed by atoms with Crippen LogP contribution in [0, 0.1) is 5.92 Å². The SMILES string of the molecule is CC1CCCCCC1NC1CCS(=O)(=O)C1. The summed E-state index contributed by atoms with van der Waals surface area (Å²) in [6, 6.07) is 0.761. The summed E-state index contributed by atoms with van der Waals surface area (Å²) in [5, 5.41) is 3.58. The minimum absolute atomic E-state index is 0.218. The molecule has 0 aromatic carbocycles. The molecule has 0 radical (unpaired) electrons. The molecule has 1 saturated carbocycles. The quantitative estimate of drug-likeness (QED) is 0.754. The van der Waals surface area contributed by atoms with Crippen molar-refractivity contribution in [2.75, 3.05) is 11.5 Å². The lowest BCUT2D eigenvalue weighted by Gasteiger charge is -2.26. The van der Waals surface area contributed by atoms with Gasteiger partial charge in [-0.3, -0.25) is 0 Å². The maximum absolute atomic E-state index is 11.4. The van der Waals surface area contributed by atoms with Crippen LogP contribution in [-0.4, -0.2) is 32.0 Å². The summed E-state index contributed by atoms with van der Waals surface area (Å²) in [5.74, 6) is 1.44. The number of nitrogens with one attached hydrogen (secondary N) is 1. The first kappa shape index (κ1) is 12.4. The number of hydrogen-bond donors (Lipinski definition) is 1. The van der Waals surface area contributed by atoms with E-state index < -0.39 is 9.84 Å². The van der Waals surface area contributed by atoms with Gasteiger partial charge in [-0.25, -0.2) is 8.42 Å². The van der Waals surface area contributed by atoms with Gasteiger partial charge in [-0.2, -0.15) is 0 Å². The molecule has 1 heterocycles. The van der Waals surface area contributed by atoms with Crippen LogP contribution in [-0.2, 0) is 9.84 Å². The molecule has 0 aromatic heterocycles. The minimum atomic E-state index is -2.74. The molecule has 1 aliphatic heterocycles. The van der Waals surface area contributed by atoms with Crippen molar-refractivity contribution in [3.8, 4) is 0 Å². The smallest absolute Gasteiger partial charge is 0.151 e. The average molecular weight is 245 g/mol. The van der Waals surface area contributed by atoms with E-state index >= 15 is 0 Å². The van der Waals surface area contributed by atoms with E-state index in [1.165, 1.54) is 32.1 Å². The molecule has 4 heteroatoms. The topological polar surface area (TPSA) is 46.2 Å². The highest BCUT2D eigenvalue weighted by atomic mass is 32.2. The highest BCUT2D eigenvalue weighted by Crippen LogP contribution is 2.24. The second-order valence-corrected chi connectivity index (χ2v) is 7.72. The van der Waals surface area contributed by atoms with Crippen LogP contribution in [0.3, 0.4) is 0 Å². The van der Waals surface area contributed by atoms with Gasteiger partial charge in [0.1, 0.15) is 0 Å². The molecule has 0 amide bonds. The lowest BCUT2D eigenvalue weighted by atomic mass is 9.96. The van der Waals surface area contributed by atoms with Crippen LogP contribution in [0.1, 0.15) is 45.4 Å². The van der Waals surface area contributed by atoms with Crippen LogP contribution >= 0.6 is 0 Å². The predicted molar refractivity (Wildman–Crippen MR) is 66.2 cm³/mol. The molecule has 3 unspecified atom stereocenters. The predicted octanol–water partition coefficient (Wildman–Crippen LogP) is 1.73. The Labute approximate surface area is 98.9 Å². The second-order valence-electron chi connectivity index (χ2n) is 5.49. The molecule has 94 valence electrons. The van der Waals surface area contributed by atoms with Gasteiger partial charge in [0.05, 0.1) is 11.5 Å². The van der Waals surface area contributed by atoms with E-state index in [9.17, 15) is 8.42 Å². The molecule has 2 rings (SSSR count). The molecule has 0 bridgehead atoms. The molecular formula is C12H23NO2S. The number of sulfone groups is 1. The molecule has 1 saturated heterocycles. The fraction of sp³-hybridized carbons (Fsp3) is 1.00. The normalized spacial score (nSPS) is 39.4. The van der Waals surface area contributed by atoms with Crippen LogP contribution in [0.4, 0.5) is 0 Å². The van der Waals surface area contributed by atoms with Crippen molar-refractivity contribution in [3.05, 3.63) is 0 Å². The summed E-state index contributed by atoms with van der Waals surface area (Å²) in [6.45, 7) is 2.30. The van der Waals surface area contributed by atoms with Crippen LogP contribution in [0.25, 0.3) is 0 Å². The molecular weight excluding hydrogens is 222 g/mol. The third-order valence-electron chi connectivity index (χ3n) is 4.04. The maximum atomic E-state index is 11.4. The third-order valence-corrected chi connectivity index (χ3v) is 5.81. The summed E-state index contributed by atoms with van der Waals surface area (Å²) in [7, 11) is -2.74. The number of hydrogen-bond acceptors (Lipinski definition) is 3. The van der Waals surface area contributed by atoms with E-state index in [1.807, 2.05) is 0 Å². The van der Waals surface area contributed by atoms with Crippen molar-refractivity contribution in [2.45, 2.75) is 57.5 Å². The Balaban J connectivity index is 1.88. The van der Waals surface area contributed by atoms with Gasteiger partial charge in [0.25, 0.3) is 0 Å². The summed E-state index contributed by atoms with van der Waals surface area (Å²) in [6.07, 6.45) is 7.29. The van der Waals surface area contributed by atoms with E-state index in [4.69, 9.17) is 0 Å². The van der Waals surface area contributed by atoms with E-state index in [-0.39, 0.29) is 6.04 Å². The van der Waals surface area contributed by atoms with Gasteiger partial charge >= 0.3 is 0 Å². The van der Waals surface area contributed by atoms with Gasteiger partial charge in [0, 0.05) is 12.1 Å². The van der Waals surface area contributed by atoms with Gasteiger partial charge < -0.3 is 5.32 Å². The standard InChI is InChI=1S/C12H23NO2S/c1-10-5-3-2-4-6-12(10)13-11-7-8-16(14,15)9-11/h10-13H,2-9H2,1H3. The number of rotatable bonds is 2. The van der Waals surface area contributed by atoms with Gasteiger partial charge in [0.15, 0.2) is 9.84 Å². The van der Waals surface area contributed by atoms with Crippen LogP contribution in [0.15, 0.2) is 0 Å². The van der Waals surface area contributed by atoms with Crippen molar-refractivity contribution < 1.29 is 8.42 Å². The van der Waals surface area contributed by atoms with Crippen molar-refractivity contribution in [1.29, 1.82) is 0 Å². The van der Waals surface area contributed by atoms with Crippen molar-refractivity contribution in [2.24, 2.45) is 5.92 Å². The molecule has 3 atom stereocenters. The molecule has 1 N–H and O–H groups in total. The van der Waals surface area contributed by atoms with E-state index in [0.29, 0.717) is 23.5 Å². The molecule has 1 aliphatic carbocycles. The first-order valence-corrected chi connectivity index (χ1v) is 8.35. The van der Waals surface area contributed by atoms with Crippen LogP contribution in [0.5, 0.6) is 0 Å². The molecule has 16 heavy (non-hydrogen) atoms. The Morgan fingerprint density at radius 3 is 2.50 bits per heavy atom. The first-order valence-electron chi connectivity index (χ1n) is 6.53. The largest absolute Gasteiger partial charge is 0.310 e. The fourth-order valence-corrected chi connectivity index (χ4v) is 4.66. The van der Waals surface area contributed by atoms with E-state index in [2.05, 4.69) is 12.2 Å². The Morgan fingerprint density at radius 1 is 1.06 bits per heavy atom. The highest BCUT2D eigenvalue weighted by molar-refractivity contribution is 7.91. The summed E-state index contributed by atoms with van der Waals surface area (Å²) in [5.41, 5.74) is 0. The maximum Gasteiger partial charge on any atom is 0.151 e. The van der Waals surface area contributed by atoms with Gasteiger partial charge in [-0.05, 0) is 25.2 Å². The highest BCUT2D eigenvalue weighted by Gasteiger charge is 2.30. The third kappa shape index (κ3) is 3.20. The molecule has 3 nitrogen and oxygen atoms in total. The van der Waals surface area contributed by atoms with Gasteiger partial charge in [-0.15, -0.1) is 0 Å². The Kier molecular flexibility index (Phi) is 3.90. The summed E-state index contributed by atoms with van der Waals surface area (Å²) < 4.78 is 22.8. The fourth-order valence-electron chi connectivity index (χ4n) is 2.97. The first-order chi connectivity index (χ1) is 7.57. The average Bonchev–Trinajstić information content (AvgIpc) is 2.41. The Bertz CT molecular complexity index is 326. The lowest BCUT2D eigenvalue weighted by molar-refractivity contribution is 0.329. The van der Waals surface area contributed by atoms with Gasteiger partial charge in [-0.1, -0.05) is 26.2 Å². The second kappa shape index (κ2) is 5.05. The molecule has 0 spiro atoms. The zero-order chi connectivity index (χ0) is 11.6. The van der Waals surface area contributed by atoms with E-state index in [1.54, 1.807) is 0 Å². The molecule has 0 aromatic rings. The zero-order valence-electron chi connectivity index (χ0n) is 10.1. The van der Waals surface area contributed by atoms with E-state index in [0.717, 1.165) is 6.42 Å². The molecule has 2 aliphatic rings. The zero-order valence-corrected chi connectivity index (χ0v) is 10.9. The Hall–Kier alpha value is -0.0900. The van der Waals surface area contributed by atoms with Crippen molar-refractivity contribution in [3.63, 3.8) is 0 Å². The van der Waals surface area contributed by atoms with Crippen molar-refractivity contribution >= 4 is 9.84 Å². The van der Waals surface area contributed by atoms with Crippen LogP contribution < -0.4 is 5.32 Å². The summed E-state index contributed by atoms with van der Waals surface area (Å²) in [4.78, 5) is 0. The Morgan fingerprint density at radius 2 is 1.81 bits per heavy atom. The van der Waals surface area contributed by atoms with Crippen molar-refractivity contribution in [1.82, 2.24) is 5.32 Å². The van der Waals surface area contributed by atoms with Gasteiger partial charge in [0.2, 0.25) is 0 Å². The summed E-state index contributed by atoms with van der Waals surface area (Å²) >= 11 is 0.